The molecule has 0 aliphatic carbocycles. The number of nitrogens with one attached hydrogen (secondary N) is 8. The Morgan fingerprint density at radius 2 is 1.29 bits per heavy atom. The highest BCUT2D eigenvalue weighted by Gasteiger charge is 2.37. The molecule has 0 saturated carbocycles. The number of ketones is 2. The number of aliphatic hydroxyl groups is 2. The lowest BCUT2D eigenvalue weighted by Crippen LogP contribution is -2.60. The lowest BCUT2D eigenvalue weighted by molar-refractivity contribution is -0.136. The van der Waals surface area contributed by atoms with Crippen LogP contribution < -0.4 is 76.9 Å². The number of nitrogens with zero attached hydrogens (tertiary/aromatic N) is 1. The van der Waals surface area contributed by atoms with Gasteiger partial charge in [0.25, 0.3) is 0 Å². The number of unbranched alkanes of at least 4 members (excludes halogenated alkanes) is 4. The molecule has 474 valence electrons. The van der Waals surface area contributed by atoms with Gasteiger partial charge in [-0.1, -0.05) is 83.2 Å². The Labute approximate surface area is 494 Å². The van der Waals surface area contributed by atoms with Crippen molar-refractivity contribution < 1.29 is 58.2 Å². The van der Waals surface area contributed by atoms with Gasteiger partial charge in [0, 0.05) is 44.3 Å². The number of rotatable bonds is 31. The molecule has 1 aliphatic rings. The van der Waals surface area contributed by atoms with Crippen LogP contribution in [-0.2, 0) is 54.4 Å². The largest absolute Gasteiger partial charge is 0.393 e. The number of hydrogen-bond donors (Lipinski definition) is 16. The molecule has 1 aromatic rings. The first-order valence-corrected chi connectivity index (χ1v) is 29.7. The number of aliphatic imine (C=N–C) groups is 1. The SMILES string of the molecule is CCCCCCC[C@@H](O)CC(=O)N[C@H](CCN)C(=O)C[C@H]1CCNC(=O)[C@H]([C@@H](C)O)NC(=O)[C@H](CCN)NC(=O)[C@H](CCN)NC(=O)[C@H](CC(C)C)NC(=O)[C@@H](Cc2ccccc2)CC(=O)[C@H](CCNC(=O)[C@@H](N)CCCN=C(N)N)NC1=O. The van der Waals surface area contributed by atoms with Gasteiger partial charge in [-0.3, -0.25) is 52.9 Å². The van der Waals surface area contributed by atoms with Crippen LogP contribution in [0.5, 0.6) is 0 Å². The molecule has 11 atom stereocenters. The maximum absolute atomic E-state index is 14.9. The zero-order chi connectivity index (χ0) is 62.7. The number of benzene rings is 1. The summed E-state index contributed by atoms with van der Waals surface area (Å²) < 4.78 is 0. The van der Waals surface area contributed by atoms with Crippen LogP contribution in [0.4, 0.5) is 0 Å². The van der Waals surface area contributed by atoms with Crippen molar-refractivity contribution in [3.05, 3.63) is 35.9 Å². The zero-order valence-electron chi connectivity index (χ0n) is 49.7. The number of guanidine groups is 1. The van der Waals surface area contributed by atoms with Gasteiger partial charge in [-0.15, -0.1) is 0 Å². The average molecular weight is 1190 g/mol. The number of aliphatic hydroxyl groups excluding tert-OH is 2. The molecular formula is C57H99N15O12. The number of hydrogen-bond acceptors (Lipinski definition) is 17. The fourth-order valence-corrected chi connectivity index (χ4v) is 9.56. The molecule has 2 rings (SSSR count). The molecule has 0 unspecified atom stereocenters. The molecule has 1 fully saturated rings. The molecule has 0 radical (unpaired) electrons. The fourth-order valence-electron chi connectivity index (χ4n) is 9.56. The highest BCUT2D eigenvalue weighted by atomic mass is 16.3. The van der Waals surface area contributed by atoms with Gasteiger partial charge in [0.05, 0.1) is 36.8 Å². The molecule has 8 amide bonds. The Balaban J connectivity index is 2.80. The Bertz CT molecular complexity index is 2270. The van der Waals surface area contributed by atoms with Crippen molar-refractivity contribution in [2.45, 2.75) is 198 Å². The summed E-state index contributed by atoms with van der Waals surface area (Å²) in [7, 11) is 0. The van der Waals surface area contributed by atoms with E-state index in [9.17, 15) is 58.2 Å². The van der Waals surface area contributed by atoms with E-state index < -0.39 is 138 Å². The third-order valence-corrected chi connectivity index (χ3v) is 14.3. The van der Waals surface area contributed by atoms with Gasteiger partial charge in [0.15, 0.2) is 17.5 Å². The van der Waals surface area contributed by atoms with Gasteiger partial charge in [-0.05, 0) is 102 Å². The standard InChI is InChI=1S/C57H99N15O12/c1-5-6-7-8-12-16-39(74)33-48(77)67-41(18-23-58)46(75)31-37-21-27-65-56(84)49(35(4)73)72-54(82)44(20-25-60)69-53(81)43(19-24-59)70-55(83)45(29-34(2)3)71-51(79)38(30-36-14-10-9-11-15-36)32-47(76)42(68-50(37)78)22-28-64-52(80)40(61)17-13-26-66-57(62)63/h9-11,14-15,34-35,37-45,49,73-74H,5-8,12-13,16-33,58-61H2,1-4H3,(H,64,80)(H,65,84)(H,67,77)(H,68,78)(H,69,81)(H,70,83)(H,71,79)(H,72,82)(H4,62,63,66)/t35-,37-,38+,39-,40+,41-,42+,43+,44+,45+,49+/m1/s1. The van der Waals surface area contributed by atoms with Crippen molar-refractivity contribution in [1.29, 1.82) is 0 Å². The normalized spacial score (nSPS) is 22.4. The number of nitrogens with two attached hydrogens (primary N) is 6. The van der Waals surface area contributed by atoms with Crippen molar-refractivity contribution in [3.8, 4) is 0 Å². The van der Waals surface area contributed by atoms with Gasteiger partial charge >= 0.3 is 0 Å². The van der Waals surface area contributed by atoms with E-state index >= 15 is 0 Å². The van der Waals surface area contributed by atoms with E-state index in [-0.39, 0.29) is 109 Å². The average Bonchev–Trinajstić information content (AvgIpc) is 3.62. The van der Waals surface area contributed by atoms with Crippen molar-refractivity contribution in [1.82, 2.24) is 42.5 Å². The number of carbonyl (C=O) groups is 10. The first-order valence-electron chi connectivity index (χ1n) is 29.7. The van der Waals surface area contributed by atoms with Gasteiger partial charge < -0.3 is 87.1 Å². The third-order valence-electron chi connectivity index (χ3n) is 14.3. The van der Waals surface area contributed by atoms with Crippen LogP contribution in [0.1, 0.15) is 142 Å². The van der Waals surface area contributed by atoms with Crippen LogP contribution in [0, 0.1) is 17.8 Å². The molecule has 0 bridgehead atoms. The minimum absolute atomic E-state index is 0.0299. The van der Waals surface area contributed by atoms with E-state index in [1.54, 1.807) is 44.2 Å². The number of amides is 8. The summed E-state index contributed by atoms with van der Waals surface area (Å²) in [6, 6.07) is -0.631. The summed E-state index contributed by atoms with van der Waals surface area (Å²) >= 11 is 0. The second-order valence-corrected chi connectivity index (χ2v) is 22.2. The van der Waals surface area contributed by atoms with Gasteiger partial charge in [-0.2, -0.15) is 0 Å². The quantitative estimate of drug-likeness (QED) is 0.0204. The van der Waals surface area contributed by atoms with E-state index in [2.05, 4.69) is 54.5 Å². The monoisotopic (exact) mass is 1190 g/mol. The Morgan fingerprint density at radius 3 is 1.88 bits per heavy atom. The summed E-state index contributed by atoms with van der Waals surface area (Å²) in [6.45, 7) is 6.25. The van der Waals surface area contributed by atoms with Crippen LogP contribution in [-0.4, -0.2) is 169 Å². The van der Waals surface area contributed by atoms with Crippen LogP contribution in [0.15, 0.2) is 35.3 Å². The minimum Gasteiger partial charge on any atom is -0.393 e. The van der Waals surface area contributed by atoms with Gasteiger partial charge in [0.2, 0.25) is 47.3 Å². The molecule has 1 aromatic carbocycles. The second kappa shape index (κ2) is 40.6. The molecule has 1 saturated heterocycles. The smallest absolute Gasteiger partial charge is 0.245 e. The first kappa shape index (κ1) is 73.5. The predicted octanol–water partition coefficient (Wildman–Crippen LogP) is -2.72. The van der Waals surface area contributed by atoms with Crippen LogP contribution in [0.3, 0.4) is 0 Å². The Morgan fingerprint density at radius 1 is 0.690 bits per heavy atom. The Hall–Kier alpha value is -6.65. The molecule has 22 N–H and O–H groups in total. The highest BCUT2D eigenvalue weighted by molar-refractivity contribution is 5.98. The fraction of sp³-hybridized carbons (Fsp3) is 0.702. The van der Waals surface area contributed by atoms with E-state index in [1.165, 1.54) is 6.92 Å². The highest BCUT2D eigenvalue weighted by Crippen LogP contribution is 2.20. The maximum Gasteiger partial charge on any atom is 0.245 e. The van der Waals surface area contributed by atoms with E-state index in [1.807, 2.05) is 0 Å². The molecule has 27 heteroatoms. The van der Waals surface area contributed by atoms with Crippen molar-refractivity contribution in [2.24, 2.45) is 57.1 Å². The number of Topliss-reactive ketones (excluding diaryl/α,β-unsaturated/α-hetero) is 2. The molecule has 27 nitrogen and oxygen atoms in total. The summed E-state index contributed by atoms with van der Waals surface area (Å²) in [4.78, 5) is 145. The molecule has 1 heterocycles. The van der Waals surface area contributed by atoms with Gasteiger partial charge in [0.1, 0.15) is 24.2 Å². The summed E-state index contributed by atoms with van der Waals surface area (Å²) in [6.07, 6.45) is 0.779. The molecular weight excluding hydrogens is 1090 g/mol. The summed E-state index contributed by atoms with van der Waals surface area (Å²) in [5, 5.41) is 42.7. The van der Waals surface area contributed by atoms with E-state index in [0.717, 1.165) is 25.7 Å². The van der Waals surface area contributed by atoms with Crippen molar-refractivity contribution in [2.75, 3.05) is 39.3 Å². The van der Waals surface area contributed by atoms with Crippen molar-refractivity contribution >= 4 is 64.8 Å². The van der Waals surface area contributed by atoms with Gasteiger partial charge in [-0.25, -0.2) is 0 Å². The van der Waals surface area contributed by atoms with Crippen LogP contribution in [0.2, 0.25) is 0 Å². The van der Waals surface area contributed by atoms with E-state index in [0.29, 0.717) is 24.8 Å². The molecule has 1 aliphatic heterocycles. The van der Waals surface area contributed by atoms with Crippen molar-refractivity contribution in [3.63, 3.8) is 0 Å². The van der Waals surface area contributed by atoms with E-state index in [4.69, 9.17) is 34.4 Å². The second-order valence-electron chi connectivity index (χ2n) is 22.2. The third kappa shape index (κ3) is 28.8. The van der Waals surface area contributed by atoms with Crippen LogP contribution >= 0.6 is 0 Å². The lowest BCUT2D eigenvalue weighted by Gasteiger charge is -2.28. The topological polar surface area (TPSA) is 476 Å². The molecule has 0 spiro atoms. The first-order chi connectivity index (χ1) is 39.9. The summed E-state index contributed by atoms with van der Waals surface area (Å²) in [5.41, 5.74) is 35.3. The molecule has 0 aromatic heterocycles. The number of carbonyl (C=O) groups excluding carboxylic acids is 10. The van der Waals surface area contributed by atoms with Crippen LogP contribution in [0.25, 0.3) is 0 Å². The lowest BCUT2D eigenvalue weighted by atomic mass is 9.89. The maximum atomic E-state index is 14.9. The zero-order valence-corrected chi connectivity index (χ0v) is 49.7. The Kier molecular flexibility index (Phi) is 35.5. The summed E-state index contributed by atoms with van der Waals surface area (Å²) in [5.74, 6) is -10.5. The molecule has 84 heavy (non-hydrogen) atoms. The minimum atomic E-state index is -1.65. The predicted molar refractivity (Wildman–Crippen MR) is 317 cm³/mol.